The zero-order valence-corrected chi connectivity index (χ0v) is 11.2. The Morgan fingerprint density at radius 1 is 0.750 bits per heavy atom. The topological polar surface area (TPSA) is 36.9 Å². The Bertz CT molecular complexity index is 182. The molecule has 0 spiro atoms. The van der Waals surface area contributed by atoms with Crippen molar-refractivity contribution in [3.8, 4) is 0 Å². The summed E-state index contributed by atoms with van der Waals surface area (Å²) in [5, 5.41) is 0. The number of rotatable bonds is 2. The van der Waals surface area contributed by atoms with Crippen molar-refractivity contribution in [3.63, 3.8) is 0 Å². The zero-order valence-electron chi connectivity index (χ0n) is 11.2. The molecule has 1 aliphatic rings. The fourth-order valence-corrected chi connectivity index (χ4v) is 1.39. The summed E-state index contributed by atoms with van der Waals surface area (Å²) < 4.78 is 22.4. The van der Waals surface area contributed by atoms with E-state index in [1.54, 1.807) is 0 Å². The summed E-state index contributed by atoms with van der Waals surface area (Å²) >= 11 is 0. The zero-order chi connectivity index (χ0) is 12.4. The van der Waals surface area contributed by atoms with Gasteiger partial charge in [0, 0.05) is 0 Å². The molecule has 16 heavy (non-hydrogen) atoms. The Morgan fingerprint density at radius 2 is 1.06 bits per heavy atom. The molecule has 96 valence electrons. The van der Waals surface area contributed by atoms with Crippen molar-refractivity contribution in [1.29, 1.82) is 0 Å². The minimum atomic E-state index is -0.292. The van der Waals surface area contributed by atoms with Gasteiger partial charge in [-0.05, 0) is 41.5 Å². The van der Waals surface area contributed by atoms with Crippen LogP contribution in [-0.2, 0) is 18.9 Å². The van der Waals surface area contributed by atoms with E-state index >= 15 is 0 Å². The molecule has 0 aromatic carbocycles. The van der Waals surface area contributed by atoms with Crippen LogP contribution in [0, 0.1) is 0 Å². The molecule has 0 radical (unpaired) electrons. The third-order valence-corrected chi connectivity index (χ3v) is 1.81. The van der Waals surface area contributed by atoms with Crippen LogP contribution in [0.2, 0.25) is 0 Å². The molecular weight excluding hydrogens is 208 g/mol. The molecule has 1 saturated heterocycles. The second kappa shape index (κ2) is 5.00. The van der Waals surface area contributed by atoms with E-state index in [0.29, 0.717) is 13.2 Å². The summed E-state index contributed by atoms with van der Waals surface area (Å²) in [6, 6.07) is 0. The quantitative estimate of drug-likeness (QED) is 0.732. The van der Waals surface area contributed by atoms with E-state index in [1.807, 2.05) is 41.5 Å². The Hall–Kier alpha value is -0.160. The van der Waals surface area contributed by atoms with Gasteiger partial charge in [-0.25, -0.2) is 0 Å². The van der Waals surface area contributed by atoms with Gasteiger partial charge >= 0.3 is 0 Å². The normalized spacial score (nSPS) is 28.1. The number of hydrogen-bond donors (Lipinski definition) is 0. The summed E-state index contributed by atoms with van der Waals surface area (Å²) in [4.78, 5) is 0. The van der Waals surface area contributed by atoms with Gasteiger partial charge in [-0.15, -0.1) is 0 Å². The molecule has 4 heteroatoms. The van der Waals surface area contributed by atoms with Crippen molar-refractivity contribution in [2.24, 2.45) is 0 Å². The second-order valence-corrected chi connectivity index (χ2v) is 5.99. The van der Waals surface area contributed by atoms with Crippen LogP contribution in [0.5, 0.6) is 0 Å². The van der Waals surface area contributed by atoms with Crippen LogP contribution in [0.4, 0.5) is 0 Å². The van der Waals surface area contributed by atoms with Gasteiger partial charge in [-0.3, -0.25) is 0 Å². The third kappa shape index (κ3) is 5.80. The molecule has 1 rings (SSSR count). The van der Waals surface area contributed by atoms with Gasteiger partial charge in [0.15, 0.2) is 12.6 Å². The van der Waals surface area contributed by atoms with Crippen molar-refractivity contribution < 1.29 is 18.9 Å². The standard InChI is InChI=1S/C12H24O4/c1-11(2,3)15-9-7-14-10(8-13-9)16-12(4,5)6/h9-10H,7-8H2,1-6H3/t9-,10+. The van der Waals surface area contributed by atoms with Gasteiger partial charge in [-0.2, -0.15) is 0 Å². The highest BCUT2D eigenvalue weighted by atomic mass is 16.8. The lowest BCUT2D eigenvalue weighted by Crippen LogP contribution is -2.44. The maximum Gasteiger partial charge on any atom is 0.181 e. The van der Waals surface area contributed by atoms with Gasteiger partial charge in [-0.1, -0.05) is 0 Å². The molecule has 1 heterocycles. The molecule has 2 atom stereocenters. The van der Waals surface area contributed by atoms with Crippen molar-refractivity contribution in [1.82, 2.24) is 0 Å². The first kappa shape index (κ1) is 13.9. The minimum absolute atomic E-state index is 0.217. The molecule has 1 fully saturated rings. The molecule has 0 unspecified atom stereocenters. The Morgan fingerprint density at radius 3 is 1.25 bits per heavy atom. The predicted molar refractivity (Wildman–Crippen MR) is 61.2 cm³/mol. The van der Waals surface area contributed by atoms with Crippen LogP contribution in [0.1, 0.15) is 41.5 Å². The molecule has 0 aliphatic carbocycles. The van der Waals surface area contributed by atoms with E-state index in [1.165, 1.54) is 0 Å². The smallest absolute Gasteiger partial charge is 0.181 e. The van der Waals surface area contributed by atoms with E-state index in [-0.39, 0.29) is 23.8 Å². The summed E-state index contributed by atoms with van der Waals surface area (Å²) in [7, 11) is 0. The highest BCUT2D eigenvalue weighted by Crippen LogP contribution is 2.19. The maximum atomic E-state index is 5.65. The van der Waals surface area contributed by atoms with Gasteiger partial charge < -0.3 is 18.9 Å². The van der Waals surface area contributed by atoms with E-state index < -0.39 is 0 Å². The highest BCUT2D eigenvalue weighted by Gasteiger charge is 2.29. The molecule has 0 N–H and O–H groups in total. The largest absolute Gasteiger partial charge is 0.345 e. The van der Waals surface area contributed by atoms with Crippen LogP contribution in [0.15, 0.2) is 0 Å². The van der Waals surface area contributed by atoms with Crippen molar-refractivity contribution >= 4 is 0 Å². The lowest BCUT2D eigenvalue weighted by molar-refractivity contribution is -0.321. The minimum Gasteiger partial charge on any atom is -0.345 e. The van der Waals surface area contributed by atoms with Gasteiger partial charge in [0.25, 0.3) is 0 Å². The van der Waals surface area contributed by atoms with Crippen LogP contribution in [0.3, 0.4) is 0 Å². The molecule has 4 nitrogen and oxygen atoms in total. The van der Waals surface area contributed by atoms with Gasteiger partial charge in [0.2, 0.25) is 0 Å². The fourth-order valence-electron chi connectivity index (χ4n) is 1.39. The van der Waals surface area contributed by atoms with Crippen LogP contribution in [0.25, 0.3) is 0 Å². The molecular formula is C12H24O4. The fraction of sp³-hybridized carbons (Fsp3) is 1.00. The number of hydrogen-bond acceptors (Lipinski definition) is 4. The SMILES string of the molecule is CC(C)(C)O[C@@H]1CO[C@@H](OC(C)(C)C)CO1. The van der Waals surface area contributed by atoms with Crippen LogP contribution < -0.4 is 0 Å². The Balaban J connectivity index is 2.29. The Kier molecular flexibility index (Phi) is 4.35. The van der Waals surface area contributed by atoms with E-state index in [0.717, 1.165) is 0 Å². The molecule has 0 aromatic rings. The lowest BCUT2D eigenvalue weighted by Gasteiger charge is -2.35. The summed E-state index contributed by atoms with van der Waals surface area (Å²) in [6.45, 7) is 12.8. The van der Waals surface area contributed by atoms with Crippen molar-refractivity contribution in [2.75, 3.05) is 13.2 Å². The van der Waals surface area contributed by atoms with E-state index in [2.05, 4.69) is 0 Å². The number of ether oxygens (including phenoxy) is 4. The monoisotopic (exact) mass is 232 g/mol. The first-order valence-corrected chi connectivity index (χ1v) is 5.74. The van der Waals surface area contributed by atoms with E-state index in [9.17, 15) is 0 Å². The maximum absolute atomic E-state index is 5.65. The predicted octanol–water partition coefficient (Wildman–Crippen LogP) is 2.32. The van der Waals surface area contributed by atoms with E-state index in [4.69, 9.17) is 18.9 Å². The van der Waals surface area contributed by atoms with Crippen LogP contribution in [-0.4, -0.2) is 37.0 Å². The first-order valence-electron chi connectivity index (χ1n) is 5.74. The van der Waals surface area contributed by atoms with Gasteiger partial charge in [0.1, 0.15) is 13.2 Å². The van der Waals surface area contributed by atoms with Crippen LogP contribution >= 0.6 is 0 Å². The average molecular weight is 232 g/mol. The Labute approximate surface area is 98.2 Å². The molecule has 0 bridgehead atoms. The van der Waals surface area contributed by atoms with Gasteiger partial charge in [0.05, 0.1) is 11.2 Å². The molecule has 0 amide bonds. The average Bonchev–Trinajstić information content (AvgIpc) is 2.03. The highest BCUT2D eigenvalue weighted by molar-refractivity contribution is 4.66. The van der Waals surface area contributed by atoms with Crippen molar-refractivity contribution in [3.05, 3.63) is 0 Å². The lowest BCUT2D eigenvalue weighted by atomic mass is 10.2. The van der Waals surface area contributed by atoms with Crippen molar-refractivity contribution in [2.45, 2.75) is 65.3 Å². The third-order valence-electron chi connectivity index (χ3n) is 1.81. The summed E-state index contributed by atoms with van der Waals surface area (Å²) in [5.41, 5.74) is -0.433. The summed E-state index contributed by atoms with van der Waals surface area (Å²) in [6.07, 6.45) is -0.584. The second-order valence-electron chi connectivity index (χ2n) is 5.99. The molecule has 0 aromatic heterocycles. The molecule has 0 saturated carbocycles. The summed E-state index contributed by atoms with van der Waals surface area (Å²) in [5.74, 6) is 0. The molecule has 1 aliphatic heterocycles. The first-order chi connectivity index (χ1) is 7.16.